The van der Waals surface area contributed by atoms with E-state index in [2.05, 4.69) is 10.6 Å². The SMILES string of the molecule is CC1CCCCC12NC(=O)N(CC(=O)NCC(c1ccccc1)N(C)C)C2=O. The molecule has 0 bridgehead atoms. The number of urea groups is 1. The third-order valence-electron chi connectivity index (χ3n) is 6.10. The van der Waals surface area contributed by atoms with E-state index in [4.69, 9.17) is 0 Å². The monoisotopic (exact) mass is 386 g/mol. The fraction of sp³-hybridized carbons (Fsp3) is 0.571. The second-order valence-corrected chi connectivity index (χ2v) is 8.13. The van der Waals surface area contributed by atoms with Crippen molar-refractivity contribution in [2.45, 2.75) is 44.2 Å². The van der Waals surface area contributed by atoms with Gasteiger partial charge in [-0.25, -0.2) is 4.79 Å². The van der Waals surface area contributed by atoms with Gasteiger partial charge in [0.05, 0.1) is 6.04 Å². The van der Waals surface area contributed by atoms with E-state index in [1.54, 1.807) is 0 Å². The topological polar surface area (TPSA) is 81.8 Å². The van der Waals surface area contributed by atoms with Gasteiger partial charge in [0.1, 0.15) is 12.1 Å². The van der Waals surface area contributed by atoms with Crippen molar-refractivity contribution in [3.63, 3.8) is 0 Å². The molecule has 3 rings (SSSR count). The Hall–Kier alpha value is -2.41. The number of amides is 4. The lowest BCUT2D eigenvalue weighted by atomic mass is 9.73. The van der Waals surface area contributed by atoms with E-state index in [0.29, 0.717) is 13.0 Å². The molecule has 1 aliphatic heterocycles. The number of nitrogens with zero attached hydrogens (tertiary/aromatic N) is 2. The third-order valence-corrected chi connectivity index (χ3v) is 6.10. The van der Waals surface area contributed by atoms with Crippen molar-refractivity contribution < 1.29 is 14.4 Å². The molecule has 3 unspecified atom stereocenters. The molecule has 1 spiro atoms. The van der Waals surface area contributed by atoms with Gasteiger partial charge in [0, 0.05) is 6.54 Å². The number of carbonyl (C=O) groups excluding carboxylic acids is 3. The van der Waals surface area contributed by atoms with E-state index in [0.717, 1.165) is 29.7 Å². The van der Waals surface area contributed by atoms with Crippen LogP contribution in [0.4, 0.5) is 4.79 Å². The number of hydrogen-bond donors (Lipinski definition) is 2. The van der Waals surface area contributed by atoms with Gasteiger partial charge in [0.2, 0.25) is 5.91 Å². The lowest BCUT2D eigenvalue weighted by Gasteiger charge is -2.36. The average molecular weight is 386 g/mol. The van der Waals surface area contributed by atoms with Gasteiger partial charge in [0.15, 0.2) is 0 Å². The molecular formula is C21H30N4O3. The van der Waals surface area contributed by atoms with Gasteiger partial charge in [-0.2, -0.15) is 0 Å². The second-order valence-electron chi connectivity index (χ2n) is 8.13. The van der Waals surface area contributed by atoms with Crippen LogP contribution >= 0.6 is 0 Å². The summed E-state index contributed by atoms with van der Waals surface area (Å²) in [5.41, 5.74) is 0.268. The van der Waals surface area contributed by atoms with Gasteiger partial charge in [0.25, 0.3) is 5.91 Å². The van der Waals surface area contributed by atoms with Crippen LogP contribution in [0.3, 0.4) is 0 Å². The first-order valence-corrected chi connectivity index (χ1v) is 9.97. The van der Waals surface area contributed by atoms with Crippen molar-refractivity contribution in [1.82, 2.24) is 20.4 Å². The maximum Gasteiger partial charge on any atom is 0.325 e. The van der Waals surface area contributed by atoms with Crippen LogP contribution in [0.5, 0.6) is 0 Å². The summed E-state index contributed by atoms with van der Waals surface area (Å²) >= 11 is 0. The first-order valence-electron chi connectivity index (χ1n) is 9.97. The largest absolute Gasteiger partial charge is 0.353 e. The molecule has 0 radical (unpaired) electrons. The zero-order valence-corrected chi connectivity index (χ0v) is 16.9. The Bertz CT molecular complexity index is 736. The van der Waals surface area contributed by atoms with Gasteiger partial charge in [-0.15, -0.1) is 0 Å². The Balaban J connectivity index is 1.61. The third kappa shape index (κ3) is 3.90. The molecular weight excluding hydrogens is 356 g/mol. The van der Waals surface area contributed by atoms with Crippen molar-refractivity contribution in [2.75, 3.05) is 27.2 Å². The summed E-state index contributed by atoms with van der Waals surface area (Å²) in [6.07, 6.45) is 3.54. The Morgan fingerprint density at radius 2 is 2.00 bits per heavy atom. The van der Waals surface area contributed by atoms with Crippen molar-refractivity contribution in [1.29, 1.82) is 0 Å². The second kappa shape index (κ2) is 8.31. The Morgan fingerprint density at radius 3 is 2.64 bits per heavy atom. The first kappa shape index (κ1) is 20.3. The molecule has 2 aliphatic rings. The van der Waals surface area contributed by atoms with Gasteiger partial charge in [-0.3, -0.25) is 14.5 Å². The van der Waals surface area contributed by atoms with E-state index in [9.17, 15) is 14.4 Å². The van der Waals surface area contributed by atoms with Crippen LogP contribution in [0.2, 0.25) is 0 Å². The summed E-state index contributed by atoms with van der Waals surface area (Å²) in [4.78, 5) is 41.0. The molecule has 1 heterocycles. The van der Waals surface area contributed by atoms with Crippen LogP contribution in [-0.4, -0.2) is 60.4 Å². The minimum absolute atomic E-state index is 0.0120. The summed E-state index contributed by atoms with van der Waals surface area (Å²) in [6, 6.07) is 9.47. The molecule has 2 N–H and O–H groups in total. The summed E-state index contributed by atoms with van der Waals surface area (Å²) in [5.74, 6) is -0.499. The van der Waals surface area contributed by atoms with Crippen LogP contribution in [-0.2, 0) is 9.59 Å². The predicted octanol–water partition coefficient (Wildman–Crippen LogP) is 1.91. The van der Waals surface area contributed by atoms with Gasteiger partial charge >= 0.3 is 6.03 Å². The van der Waals surface area contributed by atoms with Crippen LogP contribution in [0.15, 0.2) is 30.3 Å². The molecule has 2 fully saturated rings. The number of rotatable bonds is 6. The van der Waals surface area contributed by atoms with Crippen LogP contribution in [0, 0.1) is 5.92 Å². The molecule has 152 valence electrons. The maximum absolute atomic E-state index is 13.0. The van der Waals surface area contributed by atoms with E-state index in [1.807, 2.05) is 56.3 Å². The van der Waals surface area contributed by atoms with E-state index >= 15 is 0 Å². The van der Waals surface area contributed by atoms with Gasteiger partial charge in [-0.05, 0) is 38.4 Å². The van der Waals surface area contributed by atoms with E-state index in [-0.39, 0.29) is 30.3 Å². The Labute approximate surface area is 166 Å². The minimum atomic E-state index is -0.828. The number of nitrogens with one attached hydrogen (secondary N) is 2. The average Bonchev–Trinajstić information content (AvgIpc) is 2.90. The molecule has 7 nitrogen and oxygen atoms in total. The quantitative estimate of drug-likeness (QED) is 0.732. The Kier molecular flexibility index (Phi) is 6.03. The fourth-order valence-electron chi connectivity index (χ4n) is 4.32. The molecule has 1 saturated heterocycles. The van der Waals surface area contributed by atoms with E-state index < -0.39 is 11.6 Å². The lowest BCUT2D eigenvalue weighted by Crippen LogP contribution is -2.54. The number of benzene rings is 1. The van der Waals surface area contributed by atoms with Gasteiger partial charge in [-0.1, -0.05) is 50.1 Å². The molecule has 0 aromatic heterocycles. The number of hydrogen-bond acceptors (Lipinski definition) is 4. The highest BCUT2D eigenvalue weighted by molar-refractivity contribution is 6.09. The van der Waals surface area contributed by atoms with Crippen LogP contribution in [0.25, 0.3) is 0 Å². The molecule has 28 heavy (non-hydrogen) atoms. The summed E-state index contributed by atoms with van der Waals surface area (Å²) < 4.78 is 0. The highest BCUT2D eigenvalue weighted by atomic mass is 16.2. The zero-order valence-electron chi connectivity index (χ0n) is 16.9. The highest BCUT2D eigenvalue weighted by Gasteiger charge is 2.55. The summed E-state index contributed by atoms with van der Waals surface area (Å²) in [6.45, 7) is 2.16. The molecule has 1 aliphatic carbocycles. The molecule has 1 aromatic carbocycles. The molecule has 1 saturated carbocycles. The normalized spacial score (nSPS) is 25.9. The van der Waals surface area contributed by atoms with Crippen LogP contribution in [0.1, 0.15) is 44.2 Å². The van der Waals surface area contributed by atoms with Crippen molar-refractivity contribution in [3.05, 3.63) is 35.9 Å². The molecule has 3 atom stereocenters. The summed E-state index contributed by atoms with van der Waals surface area (Å²) in [7, 11) is 3.91. The number of imide groups is 1. The van der Waals surface area contributed by atoms with Crippen LogP contribution < -0.4 is 10.6 Å². The maximum atomic E-state index is 13.0. The predicted molar refractivity (Wildman–Crippen MR) is 106 cm³/mol. The smallest absolute Gasteiger partial charge is 0.325 e. The number of likely N-dealkylation sites (N-methyl/N-ethyl adjacent to an activating group) is 1. The standard InChI is InChI=1S/C21H30N4O3/c1-15-9-7-8-12-21(15)19(27)25(20(28)23-21)14-18(26)22-13-17(24(2)3)16-10-5-4-6-11-16/h4-6,10-11,15,17H,7-9,12-14H2,1-3H3,(H,22,26)(H,23,28). The lowest BCUT2D eigenvalue weighted by molar-refractivity contribution is -0.137. The highest BCUT2D eigenvalue weighted by Crippen LogP contribution is 2.38. The van der Waals surface area contributed by atoms with Crippen molar-refractivity contribution >= 4 is 17.8 Å². The first-order chi connectivity index (χ1) is 13.3. The summed E-state index contributed by atoms with van der Waals surface area (Å²) in [5, 5.41) is 5.76. The Morgan fingerprint density at radius 1 is 1.29 bits per heavy atom. The molecule has 7 heteroatoms. The van der Waals surface area contributed by atoms with E-state index in [1.165, 1.54) is 0 Å². The molecule has 1 aromatic rings. The van der Waals surface area contributed by atoms with Gasteiger partial charge < -0.3 is 15.5 Å². The van der Waals surface area contributed by atoms with Crippen molar-refractivity contribution in [2.24, 2.45) is 5.92 Å². The minimum Gasteiger partial charge on any atom is -0.353 e. The fourth-order valence-corrected chi connectivity index (χ4v) is 4.32. The van der Waals surface area contributed by atoms with Crippen molar-refractivity contribution in [3.8, 4) is 0 Å². The zero-order chi connectivity index (χ0) is 20.3. The number of carbonyl (C=O) groups is 3. The molecule has 4 amide bonds.